The van der Waals surface area contributed by atoms with Gasteiger partial charge in [0.2, 0.25) is 0 Å². The lowest BCUT2D eigenvalue weighted by Crippen LogP contribution is -2.21. The molecule has 3 N–H and O–H groups in total. The van der Waals surface area contributed by atoms with Crippen LogP contribution in [0.1, 0.15) is 37.3 Å². The number of carboxylic acid groups (broad SMARTS) is 1. The van der Waals surface area contributed by atoms with Gasteiger partial charge in [-0.2, -0.15) is 0 Å². The molecule has 0 aliphatic rings. The summed E-state index contributed by atoms with van der Waals surface area (Å²) in [6.45, 7) is 4.02. The number of carboxylic acids is 1. The first-order valence-electron chi connectivity index (χ1n) is 5.47. The van der Waals surface area contributed by atoms with E-state index in [0.717, 1.165) is 11.3 Å². The fourth-order valence-electron chi connectivity index (χ4n) is 1.84. The molecule has 0 fully saturated rings. The van der Waals surface area contributed by atoms with E-state index in [1.165, 1.54) is 0 Å². The van der Waals surface area contributed by atoms with Gasteiger partial charge in [0.05, 0.1) is 11.2 Å². The number of nitrogens with zero attached hydrogens (tertiary/aromatic N) is 2. The highest BCUT2D eigenvalue weighted by Crippen LogP contribution is 2.22. The molecule has 1 unspecified atom stereocenters. The molecule has 90 valence electrons. The normalized spacial score (nSPS) is 13.2. The quantitative estimate of drug-likeness (QED) is 0.842. The van der Waals surface area contributed by atoms with Gasteiger partial charge in [0, 0.05) is 12.1 Å². The number of pyridine rings is 1. The van der Waals surface area contributed by atoms with Gasteiger partial charge in [0.1, 0.15) is 11.9 Å². The number of fused-ring (bicyclic) bond motifs is 1. The molecule has 0 saturated heterocycles. The first-order valence-corrected chi connectivity index (χ1v) is 5.47. The molecule has 0 amide bonds. The smallest absolute Gasteiger partial charge is 0.326 e. The molecular weight excluding hydrogens is 218 g/mol. The number of hydrogen-bond acceptors (Lipinski definition) is 3. The van der Waals surface area contributed by atoms with Crippen molar-refractivity contribution >= 4 is 11.5 Å². The van der Waals surface area contributed by atoms with Gasteiger partial charge < -0.3 is 15.2 Å². The van der Waals surface area contributed by atoms with Crippen LogP contribution >= 0.6 is 0 Å². The van der Waals surface area contributed by atoms with Crippen molar-refractivity contribution in [3.63, 3.8) is 0 Å². The van der Waals surface area contributed by atoms with Gasteiger partial charge in [-0.1, -0.05) is 19.9 Å². The molecular formula is C12H15N3O2. The third kappa shape index (κ3) is 1.89. The van der Waals surface area contributed by atoms with Crippen LogP contribution in [0.3, 0.4) is 0 Å². The van der Waals surface area contributed by atoms with Crippen LogP contribution in [0.15, 0.2) is 24.4 Å². The van der Waals surface area contributed by atoms with E-state index >= 15 is 0 Å². The van der Waals surface area contributed by atoms with Crippen LogP contribution in [0.25, 0.3) is 5.52 Å². The predicted octanol–water partition coefficient (Wildman–Crippen LogP) is 1.54. The monoisotopic (exact) mass is 233 g/mol. The topological polar surface area (TPSA) is 80.6 Å². The Kier molecular flexibility index (Phi) is 2.85. The van der Waals surface area contributed by atoms with E-state index in [9.17, 15) is 4.79 Å². The van der Waals surface area contributed by atoms with Crippen LogP contribution in [0.4, 0.5) is 0 Å². The molecule has 5 heteroatoms. The van der Waals surface area contributed by atoms with E-state index < -0.39 is 12.0 Å². The minimum atomic E-state index is -1.08. The Morgan fingerprint density at radius 3 is 2.76 bits per heavy atom. The van der Waals surface area contributed by atoms with Crippen molar-refractivity contribution in [3.8, 4) is 0 Å². The molecule has 2 rings (SSSR count). The van der Waals surface area contributed by atoms with Gasteiger partial charge in [-0.3, -0.25) is 4.79 Å². The fraction of sp³-hybridized carbons (Fsp3) is 0.333. The number of aromatic nitrogens is 2. The fourth-order valence-corrected chi connectivity index (χ4v) is 1.84. The number of carbonyl (C=O) groups is 1. The highest BCUT2D eigenvalue weighted by molar-refractivity contribution is 5.78. The minimum absolute atomic E-state index is 0.208. The van der Waals surface area contributed by atoms with Crippen LogP contribution in [0, 0.1) is 0 Å². The molecule has 2 heterocycles. The molecule has 0 aromatic carbocycles. The summed E-state index contributed by atoms with van der Waals surface area (Å²) in [6.07, 6.45) is 1.87. The Morgan fingerprint density at radius 2 is 2.18 bits per heavy atom. The lowest BCUT2D eigenvalue weighted by atomic mass is 10.2. The second kappa shape index (κ2) is 4.18. The Balaban J connectivity index is 2.68. The van der Waals surface area contributed by atoms with Crippen molar-refractivity contribution in [2.24, 2.45) is 5.73 Å². The number of aliphatic carboxylic acids is 1. The highest BCUT2D eigenvalue weighted by Gasteiger charge is 2.22. The third-order valence-electron chi connectivity index (χ3n) is 2.68. The molecule has 17 heavy (non-hydrogen) atoms. The number of nitrogens with two attached hydrogens (primary N) is 1. The second-order valence-electron chi connectivity index (χ2n) is 4.28. The Bertz CT molecular complexity index is 560. The van der Waals surface area contributed by atoms with Gasteiger partial charge in [-0.05, 0) is 12.1 Å². The molecule has 0 bridgehead atoms. The van der Waals surface area contributed by atoms with Crippen molar-refractivity contribution in [2.45, 2.75) is 25.8 Å². The molecule has 5 nitrogen and oxygen atoms in total. The number of rotatable bonds is 3. The largest absolute Gasteiger partial charge is 0.480 e. The molecule has 2 aromatic rings. The summed E-state index contributed by atoms with van der Waals surface area (Å²) < 4.78 is 1.89. The average Bonchev–Trinajstić information content (AvgIpc) is 2.67. The highest BCUT2D eigenvalue weighted by atomic mass is 16.4. The lowest BCUT2D eigenvalue weighted by Gasteiger charge is -2.03. The van der Waals surface area contributed by atoms with Crippen LogP contribution < -0.4 is 5.73 Å². The van der Waals surface area contributed by atoms with Crippen LogP contribution in [0.5, 0.6) is 0 Å². The van der Waals surface area contributed by atoms with Gasteiger partial charge in [0.25, 0.3) is 0 Å². The summed E-state index contributed by atoms with van der Waals surface area (Å²) in [5.74, 6) is -0.0314. The zero-order valence-electron chi connectivity index (χ0n) is 9.79. The van der Waals surface area contributed by atoms with E-state index in [2.05, 4.69) is 4.98 Å². The van der Waals surface area contributed by atoms with Crippen LogP contribution in [0.2, 0.25) is 0 Å². The molecule has 0 aliphatic carbocycles. The zero-order chi connectivity index (χ0) is 12.6. The lowest BCUT2D eigenvalue weighted by molar-refractivity contribution is -0.138. The molecule has 0 spiro atoms. The van der Waals surface area contributed by atoms with E-state index in [0.29, 0.717) is 5.69 Å². The van der Waals surface area contributed by atoms with E-state index in [1.54, 1.807) is 0 Å². The van der Waals surface area contributed by atoms with Crippen molar-refractivity contribution in [2.75, 3.05) is 0 Å². The van der Waals surface area contributed by atoms with Gasteiger partial charge in [-0.25, -0.2) is 4.98 Å². The summed E-state index contributed by atoms with van der Waals surface area (Å²) in [5, 5.41) is 8.97. The van der Waals surface area contributed by atoms with Crippen molar-refractivity contribution in [3.05, 3.63) is 35.9 Å². The van der Waals surface area contributed by atoms with Crippen molar-refractivity contribution in [1.29, 1.82) is 0 Å². The Morgan fingerprint density at radius 1 is 1.47 bits per heavy atom. The summed E-state index contributed by atoms with van der Waals surface area (Å²) in [4.78, 5) is 15.3. The van der Waals surface area contributed by atoms with Gasteiger partial charge in [0.15, 0.2) is 0 Å². The van der Waals surface area contributed by atoms with Crippen LogP contribution in [-0.4, -0.2) is 20.5 Å². The van der Waals surface area contributed by atoms with E-state index in [4.69, 9.17) is 10.8 Å². The van der Waals surface area contributed by atoms with E-state index in [-0.39, 0.29) is 5.92 Å². The zero-order valence-corrected chi connectivity index (χ0v) is 9.79. The summed E-state index contributed by atoms with van der Waals surface area (Å²) in [6, 6.07) is 4.48. The maximum atomic E-state index is 10.9. The Hall–Kier alpha value is -1.88. The van der Waals surface area contributed by atoms with Gasteiger partial charge >= 0.3 is 5.97 Å². The summed E-state index contributed by atoms with van der Waals surface area (Å²) in [7, 11) is 0. The molecule has 0 aliphatic heterocycles. The summed E-state index contributed by atoms with van der Waals surface area (Å²) >= 11 is 0. The maximum Gasteiger partial charge on any atom is 0.326 e. The van der Waals surface area contributed by atoms with E-state index in [1.807, 2.05) is 42.6 Å². The second-order valence-corrected chi connectivity index (χ2v) is 4.28. The minimum Gasteiger partial charge on any atom is -0.480 e. The average molecular weight is 233 g/mol. The SMILES string of the molecule is CC(C)c1nc(C(N)C(=O)O)c2ccccn12. The van der Waals surface area contributed by atoms with Crippen molar-refractivity contribution < 1.29 is 9.90 Å². The first-order chi connectivity index (χ1) is 8.02. The summed E-state index contributed by atoms with van der Waals surface area (Å²) in [5.41, 5.74) is 6.82. The first kappa shape index (κ1) is 11.6. The van der Waals surface area contributed by atoms with Crippen LogP contribution in [-0.2, 0) is 4.79 Å². The molecule has 2 aromatic heterocycles. The van der Waals surface area contributed by atoms with Gasteiger partial charge in [-0.15, -0.1) is 0 Å². The maximum absolute atomic E-state index is 10.9. The number of imidazole rings is 1. The van der Waals surface area contributed by atoms with Crippen molar-refractivity contribution in [1.82, 2.24) is 9.38 Å². The number of hydrogen-bond donors (Lipinski definition) is 2. The predicted molar refractivity (Wildman–Crippen MR) is 63.8 cm³/mol. The Labute approximate surface area is 98.9 Å². The molecule has 0 saturated carbocycles. The molecule has 0 radical (unpaired) electrons. The molecule has 1 atom stereocenters. The standard InChI is InChI=1S/C12H15N3O2/c1-7(2)11-14-10(9(13)12(16)17)8-5-3-4-6-15(8)11/h3-7,9H,13H2,1-2H3,(H,16,17). The third-order valence-corrected chi connectivity index (χ3v) is 2.68.